The molecule has 3 saturated heterocycles. The number of hydrogen-bond acceptors (Lipinski definition) is 5. The van der Waals surface area contributed by atoms with Crippen LogP contribution in [0.25, 0.3) is 10.9 Å². The normalized spacial score (nSPS) is 22.8. The highest BCUT2D eigenvalue weighted by Gasteiger charge is 2.35. The van der Waals surface area contributed by atoms with Gasteiger partial charge in [-0.2, -0.15) is 4.31 Å². The largest absolute Gasteiger partial charge is 0.353 e. The summed E-state index contributed by atoms with van der Waals surface area (Å²) in [5, 5.41) is 13.7. The van der Waals surface area contributed by atoms with Crippen LogP contribution in [0, 0.1) is 11.3 Å². The van der Waals surface area contributed by atoms with Crippen LogP contribution in [-0.2, 0) is 21.4 Å². The van der Waals surface area contributed by atoms with Crippen LogP contribution in [-0.4, -0.2) is 84.6 Å². The summed E-state index contributed by atoms with van der Waals surface area (Å²) < 4.78 is 27.7. The Bertz CT molecular complexity index is 1520. The van der Waals surface area contributed by atoms with Crippen molar-refractivity contribution in [3.8, 4) is 0 Å². The van der Waals surface area contributed by atoms with Crippen LogP contribution in [0.4, 0.5) is 0 Å². The number of hydrogen-bond donors (Lipinski definition) is 3. The zero-order chi connectivity index (χ0) is 27.9. The molecule has 6 rings (SSSR count). The number of amides is 1. The lowest BCUT2D eigenvalue weighted by molar-refractivity contribution is -0.134. The fraction of sp³-hybridized carbons (Fsp3) is 0.448. The van der Waals surface area contributed by atoms with Gasteiger partial charge in [-0.1, -0.05) is 35.9 Å². The van der Waals surface area contributed by atoms with Crippen molar-refractivity contribution in [2.24, 2.45) is 5.92 Å². The monoisotopic (exact) mass is 582 g/mol. The number of H-pyrrole nitrogens is 1. The molecule has 3 fully saturated rings. The Balaban J connectivity index is 1.08. The molecule has 4 heterocycles. The fourth-order valence-electron chi connectivity index (χ4n) is 6.30. The summed E-state index contributed by atoms with van der Waals surface area (Å²) in [6.07, 6.45) is 4.66. The maximum atomic E-state index is 13.3. The van der Waals surface area contributed by atoms with E-state index in [1.165, 1.54) is 17.1 Å². The molecule has 1 amide bonds. The van der Waals surface area contributed by atoms with Crippen molar-refractivity contribution in [1.82, 2.24) is 24.4 Å². The minimum absolute atomic E-state index is 0.0594. The zero-order valence-corrected chi connectivity index (χ0v) is 24.0. The molecule has 3 aliphatic rings. The molecular formula is C29H35ClN6O3S. The average Bonchev–Trinajstić information content (AvgIpc) is 3.65. The maximum Gasteiger partial charge on any atom is 0.259 e. The van der Waals surface area contributed by atoms with E-state index in [2.05, 4.69) is 15.2 Å². The summed E-state index contributed by atoms with van der Waals surface area (Å²) >= 11 is 6.04. The van der Waals surface area contributed by atoms with Gasteiger partial charge in [0, 0.05) is 53.7 Å². The van der Waals surface area contributed by atoms with Crippen molar-refractivity contribution >= 4 is 44.3 Å². The number of benzene rings is 2. The van der Waals surface area contributed by atoms with Crippen LogP contribution >= 0.6 is 11.6 Å². The van der Waals surface area contributed by atoms with Gasteiger partial charge in [-0.25, -0.2) is 8.42 Å². The Labute approximate surface area is 240 Å². The number of carbonyl (C=O) groups excluding carboxylic acids is 1. The molecule has 11 heteroatoms. The second kappa shape index (κ2) is 11.2. The molecule has 3 aromatic rings. The van der Waals surface area contributed by atoms with Gasteiger partial charge in [0.15, 0.2) is 0 Å². The molecule has 2 aromatic carbocycles. The van der Waals surface area contributed by atoms with Crippen molar-refractivity contribution in [3.63, 3.8) is 0 Å². The van der Waals surface area contributed by atoms with E-state index in [1.54, 1.807) is 29.2 Å². The molecular weight excluding hydrogens is 548 g/mol. The van der Waals surface area contributed by atoms with E-state index in [0.717, 1.165) is 43.6 Å². The predicted octanol–water partition coefficient (Wildman–Crippen LogP) is 3.64. The number of likely N-dealkylation sites (tertiary alicyclic amines) is 1. The first-order valence-corrected chi connectivity index (χ1v) is 15.8. The molecule has 2 unspecified atom stereocenters. The summed E-state index contributed by atoms with van der Waals surface area (Å²) in [6, 6.07) is 15.0. The number of nitrogens with one attached hydrogen (secondary N) is 3. The Kier molecular flexibility index (Phi) is 7.60. The van der Waals surface area contributed by atoms with Crippen LogP contribution in [0.3, 0.4) is 0 Å². The van der Waals surface area contributed by atoms with Gasteiger partial charge in [-0.3, -0.25) is 10.2 Å². The number of rotatable bonds is 6. The summed E-state index contributed by atoms with van der Waals surface area (Å²) in [6.45, 7) is 3.77. The van der Waals surface area contributed by atoms with Crippen molar-refractivity contribution in [2.45, 2.75) is 43.3 Å². The number of aromatic nitrogens is 1. The second-order valence-electron chi connectivity index (χ2n) is 11.1. The average molecular weight is 583 g/mol. The van der Waals surface area contributed by atoms with Crippen molar-refractivity contribution in [2.75, 3.05) is 39.3 Å². The lowest BCUT2D eigenvalue weighted by Gasteiger charge is -2.40. The highest BCUT2D eigenvalue weighted by Crippen LogP contribution is 2.29. The highest BCUT2D eigenvalue weighted by atomic mass is 35.5. The van der Waals surface area contributed by atoms with Gasteiger partial charge in [0.2, 0.25) is 5.91 Å². The van der Waals surface area contributed by atoms with E-state index in [-0.39, 0.29) is 24.0 Å². The summed E-state index contributed by atoms with van der Waals surface area (Å²) in [4.78, 5) is 19.9. The van der Waals surface area contributed by atoms with Gasteiger partial charge in [-0.15, -0.1) is 0 Å². The Morgan fingerprint density at radius 3 is 2.60 bits per heavy atom. The molecule has 1 aromatic heterocycles. The van der Waals surface area contributed by atoms with Crippen LogP contribution < -0.4 is 5.32 Å². The van der Waals surface area contributed by atoms with Crippen molar-refractivity contribution in [1.29, 1.82) is 5.41 Å². The van der Waals surface area contributed by atoms with Gasteiger partial charge < -0.3 is 20.1 Å². The molecule has 0 aliphatic carbocycles. The van der Waals surface area contributed by atoms with Gasteiger partial charge in [0.1, 0.15) is 10.9 Å². The van der Waals surface area contributed by atoms with Crippen LogP contribution in [0.15, 0.2) is 53.6 Å². The van der Waals surface area contributed by atoms with E-state index in [9.17, 15) is 13.2 Å². The standard InChI is InChI=1S/C29H35ClN6O3S/c30-24-8-9-25-23(15-24)16-27(33-25)40(38,39)35-14-13-34(28(37)19-35)18-20-4-6-21(7-5-20)29(31)36-12-2-1-3-26(36)22-10-11-32-17-22/h4-9,15-16,22,26,31-33H,1-3,10-14,17-19H2. The fourth-order valence-corrected chi connectivity index (χ4v) is 7.87. The molecule has 9 nitrogen and oxygen atoms in total. The predicted molar refractivity (Wildman–Crippen MR) is 156 cm³/mol. The third-order valence-corrected chi connectivity index (χ3v) is 10.5. The van der Waals surface area contributed by atoms with Gasteiger partial charge in [-0.05, 0) is 74.5 Å². The number of halogens is 1. The van der Waals surface area contributed by atoms with E-state index in [1.807, 2.05) is 24.3 Å². The number of piperazine rings is 1. The molecule has 0 bridgehead atoms. The van der Waals surface area contributed by atoms with Crippen LogP contribution in [0.2, 0.25) is 5.02 Å². The third-order valence-electron chi connectivity index (χ3n) is 8.54. The minimum atomic E-state index is -3.85. The molecule has 2 atom stereocenters. The van der Waals surface area contributed by atoms with Gasteiger partial charge in [0.25, 0.3) is 10.0 Å². The van der Waals surface area contributed by atoms with Crippen molar-refractivity contribution < 1.29 is 13.2 Å². The van der Waals surface area contributed by atoms with Crippen LogP contribution in [0.5, 0.6) is 0 Å². The Morgan fingerprint density at radius 1 is 1.02 bits per heavy atom. The zero-order valence-electron chi connectivity index (χ0n) is 22.4. The first-order chi connectivity index (χ1) is 19.3. The maximum absolute atomic E-state index is 13.3. The second-order valence-corrected chi connectivity index (χ2v) is 13.4. The Morgan fingerprint density at radius 2 is 1.85 bits per heavy atom. The molecule has 3 aliphatic heterocycles. The van der Waals surface area contributed by atoms with Crippen LogP contribution in [0.1, 0.15) is 36.8 Å². The van der Waals surface area contributed by atoms with E-state index >= 15 is 0 Å². The highest BCUT2D eigenvalue weighted by molar-refractivity contribution is 7.89. The number of carbonyl (C=O) groups is 1. The molecule has 0 spiro atoms. The quantitative estimate of drug-likeness (QED) is 0.303. The van der Waals surface area contributed by atoms with Gasteiger partial charge >= 0.3 is 0 Å². The smallest absolute Gasteiger partial charge is 0.259 e. The summed E-state index contributed by atoms with van der Waals surface area (Å²) in [7, 11) is -3.85. The van der Waals surface area contributed by atoms with E-state index < -0.39 is 10.0 Å². The molecule has 0 saturated carbocycles. The first-order valence-electron chi connectivity index (χ1n) is 14.0. The lowest BCUT2D eigenvalue weighted by atomic mass is 9.89. The molecule has 3 N–H and O–H groups in total. The number of nitrogens with zero attached hydrogens (tertiary/aromatic N) is 3. The lowest BCUT2D eigenvalue weighted by Crippen LogP contribution is -2.51. The minimum Gasteiger partial charge on any atom is -0.353 e. The number of aromatic amines is 1. The number of fused-ring (bicyclic) bond motifs is 1. The first kappa shape index (κ1) is 27.3. The van der Waals surface area contributed by atoms with Gasteiger partial charge in [0.05, 0.1) is 6.54 Å². The van der Waals surface area contributed by atoms with Crippen molar-refractivity contribution in [3.05, 3.63) is 64.7 Å². The number of sulfonamides is 1. The number of piperidine rings is 1. The SMILES string of the molecule is N=C(c1ccc(CN2CCN(S(=O)(=O)c3cc4cc(Cl)ccc4[nH]3)CC2=O)cc1)N1CCCCC1C1CCNC1. The van der Waals surface area contributed by atoms with E-state index in [4.69, 9.17) is 17.0 Å². The number of amidine groups is 1. The Hall–Kier alpha value is -2.92. The third kappa shape index (κ3) is 5.37. The molecule has 212 valence electrons. The summed E-state index contributed by atoms with van der Waals surface area (Å²) in [5.41, 5.74) is 2.53. The molecule has 40 heavy (non-hydrogen) atoms. The summed E-state index contributed by atoms with van der Waals surface area (Å²) in [5.74, 6) is 0.951. The molecule has 0 radical (unpaired) electrons. The topological polar surface area (TPSA) is 113 Å². The van der Waals surface area contributed by atoms with E-state index in [0.29, 0.717) is 46.8 Å².